The van der Waals surface area contributed by atoms with E-state index in [2.05, 4.69) is 45.5 Å². The smallest absolute Gasteiger partial charge is 0.111 e. The molecule has 0 amide bonds. The maximum absolute atomic E-state index is 5.52. The highest BCUT2D eigenvalue weighted by molar-refractivity contribution is 9.10. The Labute approximate surface area is 103 Å². The number of halogens is 1. The van der Waals surface area contributed by atoms with Gasteiger partial charge in [-0.15, -0.1) is 0 Å². The minimum atomic E-state index is 0.388. The number of fused-ring (bicyclic) bond motifs is 1. The largest absolute Gasteiger partial charge is 0.469 e. The summed E-state index contributed by atoms with van der Waals surface area (Å²) in [4.78, 5) is 0. The molecule has 1 aromatic carbocycles. The first-order valence-electron chi connectivity index (χ1n) is 5.41. The van der Waals surface area contributed by atoms with Gasteiger partial charge in [-0.3, -0.25) is 0 Å². The highest BCUT2D eigenvalue weighted by Gasteiger charge is 2.23. The normalized spacial score (nSPS) is 18.9. The number of rotatable bonds is 1. The Bertz CT molecular complexity index is 493. The molecule has 0 bridgehead atoms. The maximum atomic E-state index is 5.52. The van der Waals surface area contributed by atoms with E-state index in [1.807, 2.05) is 6.07 Å². The quantitative estimate of drug-likeness (QED) is 0.853. The molecule has 3 rings (SSSR count). The molecule has 2 aromatic rings. The summed E-state index contributed by atoms with van der Waals surface area (Å²) < 4.78 is 6.63. The van der Waals surface area contributed by atoms with Gasteiger partial charge in [0.15, 0.2) is 0 Å². The van der Waals surface area contributed by atoms with E-state index >= 15 is 0 Å². The maximum Gasteiger partial charge on any atom is 0.111 e. The van der Waals surface area contributed by atoms with Gasteiger partial charge in [0.05, 0.1) is 6.26 Å². The van der Waals surface area contributed by atoms with Crippen LogP contribution in [0.3, 0.4) is 0 Å². The summed E-state index contributed by atoms with van der Waals surface area (Å²) in [6.45, 7) is 0.995. The van der Waals surface area contributed by atoms with Crippen molar-refractivity contribution in [2.75, 3.05) is 11.9 Å². The van der Waals surface area contributed by atoms with Crippen molar-refractivity contribution in [2.45, 2.75) is 12.3 Å². The molecule has 0 aliphatic carbocycles. The van der Waals surface area contributed by atoms with Crippen LogP contribution in [0.4, 0.5) is 5.69 Å². The van der Waals surface area contributed by atoms with Gasteiger partial charge < -0.3 is 9.73 Å². The van der Waals surface area contributed by atoms with Crippen molar-refractivity contribution in [1.82, 2.24) is 0 Å². The highest BCUT2D eigenvalue weighted by atomic mass is 79.9. The van der Waals surface area contributed by atoms with Crippen molar-refractivity contribution in [3.8, 4) is 0 Å². The van der Waals surface area contributed by atoms with E-state index in [4.69, 9.17) is 4.42 Å². The summed E-state index contributed by atoms with van der Waals surface area (Å²) in [6.07, 6.45) is 2.83. The second-order valence-electron chi connectivity index (χ2n) is 4.02. The molecule has 1 aliphatic rings. The standard InChI is InChI=1S/C13H12BrNO/c14-9-3-4-10-11(13-2-1-7-16-13)5-6-15-12(10)8-9/h1-4,7-8,11,15H,5-6H2. The molecule has 0 radical (unpaired) electrons. The SMILES string of the molecule is Brc1ccc2c(c1)NCCC2c1ccco1. The van der Waals surface area contributed by atoms with Crippen molar-refractivity contribution in [3.63, 3.8) is 0 Å². The lowest BCUT2D eigenvalue weighted by molar-refractivity contribution is 0.474. The van der Waals surface area contributed by atoms with Crippen LogP contribution in [0, 0.1) is 0 Å². The lowest BCUT2D eigenvalue weighted by atomic mass is 9.89. The molecule has 2 nitrogen and oxygen atoms in total. The van der Waals surface area contributed by atoms with Crippen LogP contribution in [0.25, 0.3) is 0 Å². The van der Waals surface area contributed by atoms with Crippen molar-refractivity contribution in [2.24, 2.45) is 0 Å². The second kappa shape index (κ2) is 3.98. The van der Waals surface area contributed by atoms with Gasteiger partial charge in [0.2, 0.25) is 0 Å². The van der Waals surface area contributed by atoms with Crippen LogP contribution in [0.1, 0.15) is 23.7 Å². The highest BCUT2D eigenvalue weighted by Crippen LogP contribution is 2.37. The van der Waals surface area contributed by atoms with Crippen molar-refractivity contribution >= 4 is 21.6 Å². The van der Waals surface area contributed by atoms with E-state index in [0.29, 0.717) is 5.92 Å². The molecule has 1 aromatic heterocycles. The number of hydrogen-bond donors (Lipinski definition) is 1. The van der Waals surface area contributed by atoms with Gasteiger partial charge in [-0.1, -0.05) is 22.0 Å². The van der Waals surface area contributed by atoms with Gasteiger partial charge in [0, 0.05) is 22.6 Å². The minimum absolute atomic E-state index is 0.388. The summed E-state index contributed by atoms with van der Waals surface area (Å²) in [7, 11) is 0. The molecule has 16 heavy (non-hydrogen) atoms. The van der Waals surface area contributed by atoms with E-state index in [9.17, 15) is 0 Å². The summed E-state index contributed by atoms with van der Waals surface area (Å²) in [5.74, 6) is 1.45. The molecule has 3 heteroatoms. The summed E-state index contributed by atoms with van der Waals surface area (Å²) in [6, 6.07) is 10.4. The van der Waals surface area contributed by atoms with Crippen LogP contribution >= 0.6 is 15.9 Å². The Morgan fingerprint density at radius 2 is 2.25 bits per heavy atom. The molecule has 1 aliphatic heterocycles. The monoisotopic (exact) mass is 277 g/mol. The van der Waals surface area contributed by atoms with Gasteiger partial charge in [0.25, 0.3) is 0 Å². The number of benzene rings is 1. The zero-order chi connectivity index (χ0) is 11.0. The number of furan rings is 1. The lowest BCUT2D eigenvalue weighted by Crippen LogP contribution is -2.17. The first-order chi connectivity index (χ1) is 7.84. The van der Waals surface area contributed by atoms with Crippen LogP contribution in [-0.4, -0.2) is 6.54 Å². The molecular formula is C13H12BrNO. The Hall–Kier alpha value is -1.22. The van der Waals surface area contributed by atoms with Crippen molar-refractivity contribution in [1.29, 1.82) is 0 Å². The van der Waals surface area contributed by atoms with Crippen molar-refractivity contribution < 1.29 is 4.42 Å². The number of anilines is 1. The molecule has 0 spiro atoms. The van der Waals surface area contributed by atoms with Gasteiger partial charge in [-0.05, 0) is 36.2 Å². The van der Waals surface area contributed by atoms with Gasteiger partial charge in [-0.25, -0.2) is 0 Å². The zero-order valence-corrected chi connectivity index (χ0v) is 10.3. The Balaban J connectivity index is 2.06. The fourth-order valence-corrected chi connectivity index (χ4v) is 2.64. The first kappa shape index (κ1) is 9.97. The van der Waals surface area contributed by atoms with Crippen LogP contribution < -0.4 is 5.32 Å². The Kier molecular flexibility index (Phi) is 2.48. The third kappa shape index (κ3) is 1.65. The third-order valence-electron chi connectivity index (χ3n) is 3.03. The summed E-state index contributed by atoms with van der Waals surface area (Å²) in [5, 5.41) is 3.42. The average Bonchev–Trinajstić information content (AvgIpc) is 2.81. The molecule has 2 heterocycles. The van der Waals surface area contributed by atoms with Crippen LogP contribution in [-0.2, 0) is 0 Å². The fraction of sp³-hybridized carbons (Fsp3) is 0.231. The molecular weight excluding hydrogens is 266 g/mol. The van der Waals surface area contributed by atoms with Crippen molar-refractivity contribution in [3.05, 3.63) is 52.4 Å². The van der Waals surface area contributed by atoms with Gasteiger partial charge >= 0.3 is 0 Å². The van der Waals surface area contributed by atoms with E-state index in [0.717, 1.165) is 23.2 Å². The number of hydrogen-bond acceptors (Lipinski definition) is 2. The molecule has 1 N–H and O–H groups in total. The van der Waals surface area contributed by atoms with Crippen LogP contribution in [0.5, 0.6) is 0 Å². The Morgan fingerprint density at radius 1 is 1.31 bits per heavy atom. The van der Waals surface area contributed by atoms with E-state index in [1.165, 1.54) is 11.3 Å². The fourth-order valence-electron chi connectivity index (χ4n) is 2.28. The van der Waals surface area contributed by atoms with Crippen LogP contribution in [0.15, 0.2) is 45.5 Å². The average molecular weight is 278 g/mol. The topological polar surface area (TPSA) is 25.2 Å². The van der Waals surface area contributed by atoms with Crippen LogP contribution in [0.2, 0.25) is 0 Å². The van der Waals surface area contributed by atoms with Gasteiger partial charge in [-0.2, -0.15) is 0 Å². The Morgan fingerprint density at radius 3 is 3.06 bits per heavy atom. The minimum Gasteiger partial charge on any atom is -0.469 e. The van der Waals surface area contributed by atoms with E-state index in [1.54, 1.807) is 6.26 Å². The third-order valence-corrected chi connectivity index (χ3v) is 3.52. The molecule has 1 unspecified atom stereocenters. The summed E-state index contributed by atoms with van der Waals surface area (Å²) >= 11 is 3.50. The molecule has 0 fully saturated rings. The molecule has 0 saturated carbocycles. The number of nitrogens with one attached hydrogen (secondary N) is 1. The molecule has 0 saturated heterocycles. The van der Waals surface area contributed by atoms with E-state index in [-0.39, 0.29) is 0 Å². The molecule has 82 valence electrons. The van der Waals surface area contributed by atoms with Gasteiger partial charge in [0.1, 0.15) is 5.76 Å². The first-order valence-corrected chi connectivity index (χ1v) is 6.20. The lowest BCUT2D eigenvalue weighted by Gasteiger charge is -2.25. The predicted octanol–water partition coefficient (Wildman–Crippen LogP) is 3.99. The zero-order valence-electron chi connectivity index (χ0n) is 8.74. The van der Waals surface area contributed by atoms with E-state index < -0.39 is 0 Å². The second-order valence-corrected chi connectivity index (χ2v) is 4.93. The molecule has 1 atom stereocenters. The summed E-state index contributed by atoms with van der Waals surface area (Å²) in [5.41, 5.74) is 2.53. The predicted molar refractivity (Wildman–Crippen MR) is 67.8 cm³/mol.